The molecule has 3 nitrogen and oxygen atoms in total. The first-order valence-corrected chi connectivity index (χ1v) is 4.51. The predicted molar refractivity (Wildman–Crippen MR) is 56.0 cm³/mol. The molecule has 0 radical (unpaired) electrons. The lowest BCUT2D eigenvalue weighted by Crippen LogP contribution is -2.05. The molecule has 0 amide bonds. The number of hydrogen-bond donors (Lipinski definition) is 2. The van der Waals surface area contributed by atoms with Gasteiger partial charge >= 0.3 is 0 Å². The monoisotopic (exact) mass is 188 g/mol. The maximum atomic E-state index is 9.68. The first-order valence-electron chi connectivity index (χ1n) is 4.51. The van der Waals surface area contributed by atoms with Gasteiger partial charge in [0.1, 0.15) is 5.75 Å². The number of nitrogens with two attached hydrogens (primary N) is 1. The SMILES string of the molecule is CC(N)c1c(O)ccc2cnccc12. The third kappa shape index (κ3) is 1.32. The highest BCUT2D eigenvalue weighted by atomic mass is 16.3. The van der Waals surface area contributed by atoms with Crippen molar-refractivity contribution in [1.82, 2.24) is 4.98 Å². The summed E-state index contributed by atoms with van der Waals surface area (Å²) in [7, 11) is 0. The average molecular weight is 188 g/mol. The van der Waals surface area contributed by atoms with Crippen molar-refractivity contribution >= 4 is 10.8 Å². The minimum atomic E-state index is -0.180. The van der Waals surface area contributed by atoms with Gasteiger partial charge in [0.25, 0.3) is 0 Å². The number of fused-ring (bicyclic) bond motifs is 1. The molecular formula is C11H12N2O. The highest BCUT2D eigenvalue weighted by Crippen LogP contribution is 2.30. The van der Waals surface area contributed by atoms with Crippen LogP contribution >= 0.6 is 0 Å². The van der Waals surface area contributed by atoms with Crippen LogP contribution in [0.3, 0.4) is 0 Å². The van der Waals surface area contributed by atoms with Crippen LogP contribution in [-0.4, -0.2) is 10.1 Å². The highest BCUT2D eigenvalue weighted by Gasteiger charge is 2.10. The fourth-order valence-electron chi connectivity index (χ4n) is 1.66. The van der Waals surface area contributed by atoms with Crippen molar-refractivity contribution in [2.45, 2.75) is 13.0 Å². The zero-order valence-electron chi connectivity index (χ0n) is 7.94. The normalized spacial score (nSPS) is 13.0. The van der Waals surface area contributed by atoms with E-state index in [1.165, 1.54) is 0 Å². The van der Waals surface area contributed by atoms with Gasteiger partial charge in [-0.1, -0.05) is 0 Å². The Bertz CT molecular complexity index is 466. The fraction of sp³-hybridized carbons (Fsp3) is 0.182. The van der Waals surface area contributed by atoms with Crippen molar-refractivity contribution in [3.8, 4) is 5.75 Å². The molecule has 3 heteroatoms. The maximum absolute atomic E-state index is 9.68. The van der Waals surface area contributed by atoms with Gasteiger partial charge in [-0.05, 0) is 30.5 Å². The molecule has 0 aliphatic heterocycles. The van der Waals surface area contributed by atoms with Crippen LogP contribution in [0.4, 0.5) is 0 Å². The Kier molecular flexibility index (Phi) is 2.09. The standard InChI is InChI=1S/C11H12N2O/c1-7(12)11-9-4-5-13-6-8(9)2-3-10(11)14/h2-7,14H,12H2,1H3. The van der Waals surface area contributed by atoms with Gasteiger partial charge in [0.2, 0.25) is 0 Å². The van der Waals surface area contributed by atoms with E-state index in [2.05, 4.69) is 4.98 Å². The fourth-order valence-corrected chi connectivity index (χ4v) is 1.66. The topological polar surface area (TPSA) is 59.1 Å². The minimum Gasteiger partial charge on any atom is -0.508 e. The summed E-state index contributed by atoms with van der Waals surface area (Å²) in [4.78, 5) is 4.02. The van der Waals surface area contributed by atoms with E-state index in [1.54, 1.807) is 18.5 Å². The average Bonchev–Trinajstić information content (AvgIpc) is 2.17. The van der Waals surface area contributed by atoms with E-state index in [0.29, 0.717) is 0 Å². The molecule has 1 heterocycles. The molecule has 1 atom stereocenters. The van der Waals surface area contributed by atoms with Crippen LogP contribution in [0.25, 0.3) is 10.8 Å². The molecule has 1 aromatic carbocycles. The number of benzene rings is 1. The molecule has 2 rings (SSSR count). The number of rotatable bonds is 1. The summed E-state index contributed by atoms with van der Waals surface area (Å²) < 4.78 is 0. The van der Waals surface area contributed by atoms with E-state index in [0.717, 1.165) is 16.3 Å². The summed E-state index contributed by atoms with van der Waals surface area (Å²) in [5, 5.41) is 11.6. The second-order valence-electron chi connectivity index (χ2n) is 3.38. The van der Waals surface area contributed by atoms with E-state index in [4.69, 9.17) is 5.73 Å². The zero-order chi connectivity index (χ0) is 10.1. The molecule has 1 unspecified atom stereocenters. The molecule has 0 spiro atoms. The number of pyridine rings is 1. The van der Waals surface area contributed by atoms with Gasteiger partial charge in [0, 0.05) is 29.4 Å². The Hall–Kier alpha value is -1.61. The van der Waals surface area contributed by atoms with Crippen LogP contribution in [0, 0.1) is 0 Å². The van der Waals surface area contributed by atoms with E-state index in [1.807, 2.05) is 19.1 Å². The smallest absolute Gasteiger partial charge is 0.120 e. The summed E-state index contributed by atoms with van der Waals surface area (Å²) in [6.07, 6.45) is 3.47. The maximum Gasteiger partial charge on any atom is 0.120 e. The third-order valence-electron chi connectivity index (χ3n) is 2.29. The van der Waals surface area contributed by atoms with Crippen LogP contribution in [-0.2, 0) is 0 Å². The van der Waals surface area contributed by atoms with E-state index in [9.17, 15) is 5.11 Å². The van der Waals surface area contributed by atoms with Gasteiger partial charge in [0.15, 0.2) is 0 Å². The van der Waals surface area contributed by atoms with Gasteiger partial charge in [-0.2, -0.15) is 0 Å². The minimum absolute atomic E-state index is 0.180. The second-order valence-corrected chi connectivity index (χ2v) is 3.38. The van der Waals surface area contributed by atoms with Crippen LogP contribution in [0.2, 0.25) is 0 Å². The zero-order valence-corrected chi connectivity index (χ0v) is 7.94. The summed E-state index contributed by atoms with van der Waals surface area (Å²) in [6, 6.07) is 5.18. The van der Waals surface area contributed by atoms with Crippen molar-refractivity contribution in [3.05, 3.63) is 36.2 Å². The molecule has 0 fully saturated rings. The van der Waals surface area contributed by atoms with E-state index in [-0.39, 0.29) is 11.8 Å². The number of aromatic hydroxyl groups is 1. The second kappa shape index (κ2) is 3.27. The predicted octanol–water partition coefficient (Wildman–Crippen LogP) is 1.96. The molecule has 72 valence electrons. The Morgan fingerprint density at radius 3 is 2.86 bits per heavy atom. The molecule has 3 N–H and O–H groups in total. The van der Waals surface area contributed by atoms with Gasteiger partial charge in [-0.15, -0.1) is 0 Å². The van der Waals surface area contributed by atoms with Crippen LogP contribution in [0.15, 0.2) is 30.6 Å². The largest absolute Gasteiger partial charge is 0.508 e. The lowest BCUT2D eigenvalue weighted by molar-refractivity contribution is 0.465. The van der Waals surface area contributed by atoms with Gasteiger partial charge < -0.3 is 10.8 Å². The van der Waals surface area contributed by atoms with Crippen molar-refractivity contribution < 1.29 is 5.11 Å². The summed E-state index contributed by atoms with van der Waals surface area (Å²) in [5.74, 6) is 0.249. The van der Waals surface area contributed by atoms with Crippen molar-refractivity contribution in [2.24, 2.45) is 5.73 Å². The summed E-state index contributed by atoms with van der Waals surface area (Å²) in [5.41, 5.74) is 6.58. The van der Waals surface area contributed by atoms with E-state index < -0.39 is 0 Å². The molecule has 1 aromatic heterocycles. The van der Waals surface area contributed by atoms with Crippen molar-refractivity contribution in [1.29, 1.82) is 0 Å². The Labute approximate surface area is 82.2 Å². The molecule has 2 aromatic rings. The summed E-state index contributed by atoms with van der Waals surface area (Å²) in [6.45, 7) is 1.86. The number of nitrogens with zero attached hydrogens (tertiary/aromatic N) is 1. The first kappa shape index (κ1) is 8.97. The Morgan fingerprint density at radius 1 is 1.36 bits per heavy atom. The van der Waals surface area contributed by atoms with E-state index >= 15 is 0 Å². The quantitative estimate of drug-likeness (QED) is 0.719. The Morgan fingerprint density at radius 2 is 2.14 bits per heavy atom. The molecule has 0 aliphatic rings. The first-order chi connectivity index (χ1) is 6.70. The number of phenolic OH excluding ortho intramolecular Hbond substituents is 1. The summed E-state index contributed by atoms with van der Waals surface area (Å²) >= 11 is 0. The lowest BCUT2D eigenvalue weighted by atomic mass is 10.0. The van der Waals surface area contributed by atoms with Gasteiger partial charge in [-0.3, -0.25) is 4.98 Å². The van der Waals surface area contributed by atoms with Crippen LogP contribution < -0.4 is 5.73 Å². The van der Waals surface area contributed by atoms with Crippen LogP contribution in [0.1, 0.15) is 18.5 Å². The number of phenols is 1. The molecule has 0 aliphatic carbocycles. The third-order valence-corrected chi connectivity index (χ3v) is 2.29. The molecular weight excluding hydrogens is 176 g/mol. The number of aromatic nitrogens is 1. The number of hydrogen-bond acceptors (Lipinski definition) is 3. The molecule has 0 saturated heterocycles. The van der Waals surface area contributed by atoms with Gasteiger partial charge in [0.05, 0.1) is 0 Å². The van der Waals surface area contributed by atoms with Gasteiger partial charge in [-0.25, -0.2) is 0 Å². The lowest BCUT2D eigenvalue weighted by Gasteiger charge is -2.11. The molecule has 0 bridgehead atoms. The highest BCUT2D eigenvalue weighted by molar-refractivity contribution is 5.87. The van der Waals surface area contributed by atoms with Crippen molar-refractivity contribution in [2.75, 3.05) is 0 Å². The molecule has 0 saturated carbocycles. The van der Waals surface area contributed by atoms with Crippen LogP contribution in [0.5, 0.6) is 5.75 Å². The Balaban J connectivity index is 2.83. The molecule has 14 heavy (non-hydrogen) atoms. The van der Waals surface area contributed by atoms with Crippen molar-refractivity contribution in [3.63, 3.8) is 0 Å².